The van der Waals surface area contributed by atoms with E-state index in [0.717, 1.165) is 37.0 Å². The average Bonchev–Trinajstić information content (AvgIpc) is 3.38. The topological polar surface area (TPSA) is 97.4 Å². The van der Waals surface area contributed by atoms with Gasteiger partial charge in [0.15, 0.2) is 5.78 Å². The van der Waals surface area contributed by atoms with Crippen LogP contribution in [0.1, 0.15) is 51.5 Å². The minimum atomic E-state index is -0.659. The molecule has 2 atom stereocenters. The van der Waals surface area contributed by atoms with Crippen LogP contribution >= 0.6 is 0 Å². The van der Waals surface area contributed by atoms with Crippen LogP contribution in [0, 0.1) is 5.92 Å². The summed E-state index contributed by atoms with van der Waals surface area (Å²) in [5.74, 6) is -0.488. The zero-order valence-corrected chi connectivity index (χ0v) is 19.3. The number of hydrogen-bond acceptors (Lipinski definition) is 6. The lowest BCUT2D eigenvalue weighted by atomic mass is 9.99. The van der Waals surface area contributed by atoms with Crippen molar-refractivity contribution >= 4 is 11.7 Å². The van der Waals surface area contributed by atoms with Crippen LogP contribution in [0.15, 0.2) is 39.5 Å². The van der Waals surface area contributed by atoms with Gasteiger partial charge in [-0.25, -0.2) is 4.79 Å². The lowest BCUT2D eigenvalue weighted by Gasteiger charge is -2.26. The molecule has 3 rings (SSSR count). The molecule has 1 aromatic carbocycles. The van der Waals surface area contributed by atoms with Crippen LogP contribution in [-0.4, -0.2) is 51.5 Å². The molecule has 0 saturated carbocycles. The highest BCUT2D eigenvalue weighted by Gasteiger charge is 2.33. The van der Waals surface area contributed by atoms with Crippen molar-refractivity contribution < 1.29 is 14.0 Å². The third kappa shape index (κ3) is 6.38. The molecule has 0 spiro atoms. The van der Waals surface area contributed by atoms with Crippen molar-refractivity contribution in [3.05, 3.63) is 52.3 Å². The molecule has 0 bridgehead atoms. The molecular weight excluding hydrogens is 408 g/mol. The van der Waals surface area contributed by atoms with Gasteiger partial charge >= 0.3 is 5.76 Å². The summed E-state index contributed by atoms with van der Waals surface area (Å²) >= 11 is 0. The average molecular weight is 443 g/mol. The second-order valence-corrected chi connectivity index (χ2v) is 8.86. The molecule has 1 aliphatic rings. The second kappa shape index (κ2) is 11.2. The Kier molecular flexibility index (Phi) is 8.39. The number of aryl methyl sites for hydroxylation is 1. The number of rotatable bonds is 11. The number of aromatic nitrogens is 2. The summed E-state index contributed by atoms with van der Waals surface area (Å²) in [6, 6.07) is 9.34. The quantitative estimate of drug-likeness (QED) is 0.573. The molecule has 0 radical (unpaired) electrons. The fourth-order valence-electron chi connectivity index (χ4n) is 4.17. The van der Waals surface area contributed by atoms with Crippen LogP contribution in [-0.2, 0) is 29.0 Å². The maximum absolute atomic E-state index is 13.1. The minimum absolute atomic E-state index is 0.115. The number of Topliss-reactive ketones (excluding diaryl/α,β-unsaturated/α-hetero) is 1. The predicted molar refractivity (Wildman–Crippen MR) is 121 cm³/mol. The van der Waals surface area contributed by atoms with Crippen LogP contribution in [0.5, 0.6) is 0 Å². The second-order valence-electron chi connectivity index (χ2n) is 8.86. The highest BCUT2D eigenvalue weighted by molar-refractivity contribution is 5.90. The number of ketones is 1. The molecule has 2 aromatic rings. The Balaban J connectivity index is 1.63. The number of carbonyl (C=O) groups is 2. The van der Waals surface area contributed by atoms with Gasteiger partial charge in [0.2, 0.25) is 11.8 Å². The molecule has 1 aromatic heterocycles. The van der Waals surface area contributed by atoms with E-state index in [0.29, 0.717) is 18.7 Å². The van der Waals surface area contributed by atoms with Gasteiger partial charge in [-0.15, -0.1) is 5.10 Å². The first-order valence-electron chi connectivity index (χ1n) is 11.5. The molecule has 8 nitrogen and oxygen atoms in total. The van der Waals surface area contributed by atoms with E-state index in [1.807, 2.05) is 39.0 Å². The van der Waals surface area contributed by atoms with E-state index in [1.54, 1.807) is 0 Å². The van der Waals surface area contributed by atoms with Crippen molar-refractivity contribution in [2.75, 3.05) is 13.1 Å². The summed E-state index contributed by atoms with van der Waals surface area (Å²) in [7, 11) is 0. The number of amides is 1. The van der Waals surface area contributed by atoms with E-state index in [2.05, 4.69) is 27.4 Å². The standard InChI is InChI=1S/C24H34N4O4/c1-4-22-26-28(24(31)32-22)16-21(29)19(15-17(2)3)25-23(30)20-11-8-13-27(20)14-12-18-9-6-5-7-10-18/h5-7,9-10,17,19-20H,4,8,11-16H2,1-3H3,(H,25,30)/t19-,20-/m0/s1. The molecule has 1 amide bonds. The maximum Gasteiger partial charge on any atom is 0.437 e. The Bertz CT molecular complexity index is 950. The Labute approximate surface area is 189 Å². The van der Waals surface area contributed by atoms with Crippen molar-refractivity contribution in [2.45, 2.75) is 71.5 Å². The van der Waals surface area contributed by atoms with Crippen LogP contribution in [0.3, 0.4) is 0 Å². The number of hydrogen-bond donors (Lipinski definition) is 1. The monoisotopic (exact) mass is 442 g/mol. The first-order chi connectivity index (χ1) is 15.4. The number of likely N-dealkylation sites (tertiary alicyclic amines) is 1. The molecule has 1 aliphatic heterocycles. The molecule has 32 heavy (non-hydrogen) atoms. The summed E-state index contributed by atoms with van der Waals surface area (Å²) in [5, 5.41) is 7.02. The van der Waals surface area contributed by atoms with Crippen LogP contribution in [0.25, 0.3) is 0 Å². The molecule has 2 heterocycles. The van der Waals surface area contributed by atoms with Crippen LogP contribution in [0.4, 0.5) is 0 Å². The van der Waals surface area contributed by atoms with Crippen LogP contribution in [0.2, 0.25) is 0 Å². The summed E-state index contributed by atoms with van der Waals surface area (Å²) in [4.78, 5) is 40.2. The largest absolute Gasteiger partial charge is 0.437 e. The lowest BCUT2D eigenvalue weighted by Crippen LogP contribution is -2.51. The first-order valence-corrected chi connectivity index (χ1v) is 11.5. The van der Waals surface area contributed by atoms with E-state index < -0.39 is 11.8 Å². The fraction of sp³-hybridized carbons (Fsp3) is 0.583. The number of nitrogens with zero attached hydrogens (tertiary/aromatic N) is 3. The van der Waals surface area contributed by atoms with E-state index in [-0.39, 0.29) is 30.2 Å². The molecule has 0 aliphatic carbocycles. The van der Waals surface area contributed by atoms with Gasteiger partial charge in [0.25, 0.3) is 0 Å². The SMILES string of the molecule is CCc1nn(CC(=O)[C@H](CC(C)C)NC(=O)[C@@H]2CCCN2CCc2ccccc2)c(=O)o1. The molecule has 8 heteroatoms. The molecule has 174 valence electrons. The smallest absolute Gasteiger partial charge is 0.392 e. The van der Waals surface area contributed by atoms with Crippen molar-refractivity contribution in [2.24, 2.45) is 5.92 Å². The van der Waals surface area contributed by atoms with Gasteiger partial charge < -0.3 is 9.73 Å². The van der Waals surface area contributed by atoms with E-state index in [9.17, 15) is 14.4 Å². The van der Waals surface area contributed by atoms with Gasteiger partial charge in [0.1, 0.15) is 6.54 Å². The molecule has 1 N–H and O–H groups in total. The highest BCUT2D eigenvalue weighted by atomic mass is 16.4. The summed E-state index contributed by atoms with van der Waals surface area (Å²) in [6.07, 6.45) is 3.61. The Morgan fingerprint density at radius 2 is 2.00 bits per heavy atom. The van der Waals surface area contributed by atoms with Gasteiger partial charge in [-0.05, 0) is 43.7 Å². The zero-order valence-electron chi connectivity index (χ0n) is 19.3. The summed E-state index contributed by atoms with van der Waals surface area (Å²) in [6.45, 7) is 7.31. The molecule has 1 fully saturated rings. The third-order valence-corrected chi connectivity index (χ3v) is 5.87. The Hall–Kier alpha value is -2.74. The molecule has 1 saturated heterocycles. The summed E-state index contributed by atoms with van der Waals surface area (Å²) in [5.41, 5.74) is 1.25. The van der Waals surface area contributed by atoms with Gasteiger partial charge in [-0.3, -0.25) is 14.5 Å². The van der Waals surface area contributed by atoms with Crippen molar-refractivity contribution in [3.63, 3.8) is 0 Å². The van der Waals surface area contributed by atoms with Gasteiger partial charge in [-0.1, -0.05) is 51.1 Å². The van der Waals surface area contributed by atoms with Gasteiger partial charge in [-0.2, -0.15) is 4.68 Å². The van der Waals surface area contributed by atoms with E-state index >= 15 is 0 Å². The molecule has 0 unspecified atom stereocenters. The van der Waals surface area contributed by atoms with Gasteiger partial charge in [0.05, 0.1) is 12.1 Å². The fourth-order valence-corrected chi connectivity index (χ4v) is 4.17. The number of carbonyl (C=O) groups excluding carboxylic acids is 2. The molecular formula is C24H34N4O4. The first kappa shape index (κ1) is 23.9. The zero-order chi connectivity index (χ0) is 23.1. The maximum atomic E-state index is 13.1. The van der Waals surface area contributed by atoms with Crippen molar-refractivity contribution in [3.8, 4) is 0 Å². The van der Waals surface area contributed by atoms with E-state index in [1.165, 1.54) is 5.56 Å². The Morgan fingerprint density at radius 3 is 2.66 bits per heavy atom. The van der Waals surface area contributed by atoms with Crippen molar-refractivity contribution in [1.29, 1.82) is 0 Å². The third-order valence-electron chi connectivity index (χ3n) is 5.87. The van der Waals surface area contributed by atoms with Gasteiger partial charge in [0, 0.05) is 13.0 Å². The normalized spacial score (nSPS) is 17.6. The van der Waals surface area contributed by atoms with Crippen molar-refractivity contribution in [1.82, 2.24) is 20.0 Å². The summed E-state index contributed by atoms with van der Waals surface area (Å²) < 4.78 is 6.06. The lowest BCUT2D eigenvalue weighted by molar-refractivity contribution is -0.131. The number of benzene rings is 1. The van der Waals surface area contributed by atoms with Crippen LogP contribution < -0.4 is 11.1 Å². The highest BCUT2D eigenvalue weighted by Crippen LogP contribution is 2.19. The predicted octanol–water partition coefficient (Wildman–Crippen LogP) is 2.21. The number of nitrogens with one attached hydrogen (secondary N) is 1. The van der Waals surface area contributed by atoms with E-state index in [4.69, 9.17) is 4.42 Å². The minimum Gasteiger partial charge on any atom is -0.392 e. The Morgan fingerprint density at radius 1 is 1.25 bits per heavy atom.